The summed E-state index contributed by atoms with van der Waals surface area (Å²) in [5, 5.41) is 3.73. The van der Waals surface area contributed by atoms with E-state index in [-0.39, 0.29) is 0 Å². The number of hydrogen-bond acceptors (Lipinski definition) is 2. The molecule has 0 aromatic carbocycles. The maximum Gasteiger partial charge on any atom is 0.0198 e. The molecule has 0 amide bonds. The van der Waals surface area contributed by atoms with Crippen molar-refractivity contribution in [3.63, 3.8) is 0 Å². The van der Waals surface area contributed by atoms with Gasteiger partial charge >= 0.3 is 0 Å². The lowest BCUT2D eigenvalue weighted by atomic mass is 9.85. The van der Waals surface area contributed by atoms with E-state index in [1.54, 1.807) is 0 Å². The van der Waals surface area contributed by atoms with Crippen LogP contribution < -0.4 is 5.32 Å². The van der Waals surface area contributed by atoms with Crippen LogP contribution in [0.2, 0.25) is 0 Å². The van der Waals surface area contributed by atoms with Gasteiger partial charge in [-0.3, -0.25) is 0 Å². The molecule has 0 aliphatic carbocycles. The average molecular weight is 226 g/mol. The van der Waals surface area contributed by atoms with Gasteiger partial charge in [-0.05, 0) is 44.2 Å². The molecular formula is C14H30N2. The zero-order chi connectivity index (χ0) is 12.1. The number of rotatable bonds is 5. The molecule has 0 aromatic heterocycles. The molecule has 1 fully saturated rings. The fourth-order valence-corrected chi connectivity index (χ4v) is 2.57. The highest BCUT2D eigenvalue weighted by Crippen LogP contribution is 2.22. The Kier molecular flexibility index (Phi) is 5.77. The first kappa shape index (κ1) is 14.0. The molecule has 1 aliphatic rings. The van der Waals surface area contributed by atoms with Gasteiger partial charge < -0.3 is 10.2 Å². The highest BCUT2D eigenvalue weighted by Gasteiger charge is 2.26. The van der Waals surface area contributed by atoms with Gasteiger partial charge in [-0.1, -0.05) is 27.7 Å². The number of nitrogens with one attached hydrogen (secondary N) is 1. The Bertz CT molecular complexity index is 189. The number of hydrogen-bond donors (Lipinski definition) is 1. The predicted octanol–water partition coefficient (Wildman–Crippen LogP) is 2.60. The molecule has 1 rings (SSSR count). The Hall–Kier alpha value is -0.0800. The Morgan fingerprint density at radius 3 is 2.44 bits per heavy atom. The lowest BCUT2D eigenvalue weighted by Gasteiger charge is -2.38. The van der Waals surface area contributed by atoms with E-state index in [2.05, 4.69) is 45.0 Å². The Morgan fingerprint density at radius 1 is 1.19 bits per heavy atom. The zero-order valence-electron chi connectivity index (χ0n) is 11.8. The van der Waals surface area contributed by atoms with Crippen molar-refractivity contribution in [1.82, 2.24) is 10.2 Å². The van der Waals surface area contributed by atoms with Gasteiger partial charge in [0.15, 0.2) is 0 Å². The van der Waals surface area contributed by atoms with Crippen molar-refractivity contribution in [1.29, 1.82) is 0 Å². The van der Waals surface area contributed by atoms with Crippen LogP contribution in [0, 0.1) is 17.8 Å². The van der Waals surface area contributed by atoms with E-state index < -0.39 is 0 Å². The minimum Gasteiger partial charge on any atom is -0.313 e. The Labute approximate surface area is 102 Å². The molecule has 16 heavy (non-hydrogen) atoms. The summed E-state index contributed by atoms with van der Waals surface area (Å²) in [5.74, 6) is 2.50. The summed E-state index contributed by atoms with van der Waals surface area (Å²) in [6, 6.07) is 0.713. The summed E-state index contributed by atoms with van der Waals surface area (Å²) in [7, 11) is 2.26. The average Bonchev–Trinajstić information content (AvgIpc) is 2.16. The predicted molar refractivity (Wildman–Crippen MR) is 71.7 cm³/mol. The zero-order valence-corrected chi connectivity index (χ0v) is 11.8. The summed E-state index contributed by atoms with van der Waals surface area (Å²) >= 11 is 0. The monoisotopic (exact) mass is 226 g/mol. The second-order valence-electron chi connectivity index (χ2n) is 6.29. The third kappa shape index (κ3) is 4.84. The Balaban J connectivity index is 2.30. The normalized spacial score (nSPS) is 27.9. The number of likely N-dealkylation sites (N-methyl/N-ethyl adjacent to an activating group) is 1. The summed E-state index contributed by atoms with van der Waals surface area (Å²) in [6.07, 6.45) is 2.66. The summed E-state index contributed by atoms with van der Waals surface area (Å²) in [4.78, 5) is 2.49. The van der Waals surface area contributed by atoms with Crippen LogP contribution in [0.25, 0.3) is 0 Å². The van der Waals surface area contributed by atoms with Gasteiger partial charge in [0, 0.05) is 19.1 Å². The van der Waals surface area contributed by atoms with Gasteiger partial charge in [-0.25, -0.2) is 0 Å². The highest BCUT2D eigenvalue weighted by molar-refractivity contribution is 4.83. The number of piperidine rings is 1. The molecule has 2 nitrogen and oxygen atoms in total. The fraction of sp³-hybridized carbons (Fsp3) is 1.00. The highest BCUT2D eigenvalue weighted by atomic mass is 15.1. The van der Waals surface area contributed by atoms with Crippen molar-refractivity contribution in [2.45, 2.75) is 46.6 Å². The van der Waals surface area contributed by atoms with E-state index in [0.717, 1.165) is 17.8 Å². The molecule has 0 spiro atoms. The van der Waals surface area contributed by atoms with Crippen LogP contribution in [0.4, 0.5) is 0 Å². The van der Waals surface area contributed by atoms with Gasteiger partial charge in [-0.2, -0.15) is 0 Å². The van der Waals surface area contributed by atoms with Gasteiger partial charge in [0.25, 0.3) is 0 Å². The number of nitrogens with zero attached hydrogens (tertiary/aromatic N) is 1. The standard InChI is InChI=1S/C14H30N2/c1-11(2)6-7-15-14-8-13(12(3)4)9-16(5)10-14/h11-15H,6-10H2,1-5H3. The maximum atomic E-state index is 3.73. The smallest absolute Gasteiger partial charge is 0.0198 e. The first-order valence-electron chi connectivity index (χ1n) is 6.91. The molecule has 1 N–H and O–H groups in total. The Morgan fingerprint density at radius 2 is 1.88 bits per heavy atom. The van der Waals surface area contributed by atoms with Crippen LogP contribution in [0.1, 0.15) is 40.5 Å². The van der Waals surface area contributed by atoms with E-state index in [0.29, 0.717) is 6.04 Å². The van der Waals surface area contributed by atoms with Crippen molar-refractivity contribution < 1.29 is 0 Å². The van der Waals surface area contributed by atoms with E-state index >= 15 is 0 Å². The lowest BCUT2D eigenvalue weighted by Crippen LogP contribution is -2.49. The summed E-state index contributed by atoms with van der Waals surface area (Å²) in [6.45, 7) is 13.0. The molecule has 0 saturated carbocycles. The van der Waals surface area contributed by atoms with Gasteiger partial charge in [-0.15, -0.1) is 0 Å². The van der Waals surface area contributed by atoms with Crippen molar-refractivity contribution in [3.8, 4) is 0 Å². The lowest BCUT2D eigenvalue weighted by molar-refractivity contribution is 0.139. The minimum atomic E-state index is 0.713. The summed E-state index contributed by atoms with van der Waals surface area (Å²) in [5.41, 5.74) is 0. The number of likely N-dealkylation sites (tertiary alicyclic amines) is 1. The molecule has 0 radical (unpaired) electrons. The second-order valence-corrected chi connectivity index (χ2v) is 6.29. The van der Waals surface area contributed by atoms with Crippen LogP contribution in [0.3, 0.4) is 0 Å². The second kappa shape index (κ2) is 6.61. The van der Waals surface area contributed by atoms with Crippen molar-refractivity contribution >= 4 is 0 Å². The van der Waals surface area contributed by atoms with Crippen LogP contribution in [-0.4, -0.2) is 37.6 Å². The molecule has 2 unspecified atom stereocenters. The van der Waals surface area contributed by atoms with Crippen LogP contribution >= 0.6 is 0 Å². The molecular weight excluding hydrogens is 196 g/mol. The molecule has 2 heteroatoms. The third-order valence-electron chi connectivity index (χ3n) is 3.76. The molecule has 1 heterocycles. The van der Waals surface area contributed by atoms with Crippen molar-refractivity contribution in [2.24, 2.45) is 17.8 Å². The maximum absolute atomic E-state index is 3.73. The minimum absolute atomic E-state index is 0.713. The third-order valence-corrected chi connectivity index (χ3v) is 3.76. The van der Waals surface area contributed by atoms with E-state index in [1.807, 2.05) is 0 Å². The van der Waals surface area contributed by atoms with Gasteiger partial charge in [0.1, 0.15) is 0 Å². The fourth-order valence-electron chi connectivity index (χ4n) is 2.57. The first-order chi connectivity index (χ1) is 7.49. The molecule has 0 aromatic rings. The van der Waals surface area contributed by atoms with Crippen LogP contribution in [-0.2, 0) is 0 Å². The largest absolute Gasteiger partial charge is 0.313 e. The van der Waals surface area contributed by atoms with E-state index in [1.165, 1.54) is 32.5 Å². The van der Waals surface area contributed by atoms with Crippen molar-refractivity contribution in [3.05, 3.63) is 0 Å². The quantitative estimate of drug-likeness (QED) is 0.775. The topological polar surface area (TPSA) is 15.3 Å². The molecule has 0 bridgehead atoms. The SMILES string of the molecule is CC(C)CCNC1CC(C(C)C)CN(C)C1. The van der Waals surface area contributed by atoms with E-state index in [4.69, 9.17) is 0 Å². The van der Waals surface area contributed by atoms with E-state index in [9.17, 15) is 0 Å². The van der Waals surface area contributed by atoms with Gasteiger partial charge in [0.2, 0.25) is 0 Å². The van der Waals surface area contributed by atoms with Crippen molar-refractivity contribution in [2.75, 3.05) is 26.7 Å². The van der Waals surface area contributed by atoms with Crippen LogP contribution in [0.15, 0.2) is 0 Å². The first-order valence-corrected chi connectivity index (χ1v) is 6.91. The summed E-state index contributed by atoms with van der Waals surface area (Å²) < 4.78 is 0. The van der Waals surface area contributed by atoms with Crippen LogP contribution in [0.5, 0.6) is 0 Å². The molecule has 2 atom stereocenters. The molecule has 96 valence electrons. The molecule has 1 saturated heterocycles. The van der Waals surface area contributed by atoms with Gasteiger partial charge in [0.05, 0.1) is 0 Å². The molecule has 1 aliphatic heterocycles.